The molecule has 149 valence electrons. The van der Waals surface area contributed by atoms with Gasteiger partial charge in [0.2, 0.25) is 0 Å². The Morgan fingerprint density at radius 2 is 0.640 bits per heavy atom. The number of carboxylic acid groups (broad SMARTS) is 3. The summed E-state index contributed by atoms with van der Waals surface area (Å²) in [6.07, 6.45) is 0.396. The molecule has 7 heteroatoms. The minimum Gasteiger partial charge on any atom is -0.550 e. The van der Waals surface area contributed by atoms with Crippen LogP contribution in [0, 0.1) is 16.2 Å². The van der Waals surface area contributed by atoms with E-state index in [2.05, 4.69) is 0 Å². The molecule has 0 aromatic heterocycles. The first kappa shape index (κ1) is 31.7. The molecule has 25 heavy (non-hydrogen) atoms. The van der Waals surface area contributed by atoms with Gasteiger partial charge in [-0.2, -0.15) is 0 Å². The monoisotopic (exact) mass is 401 g/mol. The maximum atomic E-state index is 9.90. The van der Waals surface area contributed by atoms with Crippen molar-refractivity contribution in [3.05, 3.63) is 0 Å². The molecule has 0 aromatic rings. The standard InChI is InChI=1S/3C6H12O2.Fe/c3*1-6(2,3)4-5(7)8;/h3*4H2,1-3H3,(H,7,8);/q;;;+3/p-3. The molecule has 0 aliphatic rings. The Bertz CT molecular complexity index is 335. The minimum atomic E-state index is -0.975. The van der Waals surface area contributed by atoms with Gasteiger partial charge in [-0.1, -0.05) is 62.3 Å². The van der Waals surface area contributed by atoms with Crippen molar-refractivity contribution in [1.29, 1.82) is 0 Å². The molecule has 0 amide bonds. The average molecular weight is 401 g/mol. The first-order valence-electron chi connectivity index (χ1n) is 7.85. The number of rotatable bonds is 3. The van der Waals surface area contributed by atoms with Gasteiger partial charge in [0.1, 0.15) is 0 Å². The van der Waals surface area contributed by atoms with Crippen molar-refractivity contribution in [3.63, 3.8) is 0 Å². The van der Waals surface area contributed by atoms with Crippen LogP contribution >= 0.6 is 0 Å². The molecule has 0 aliphatic heterocycles. The maximum absolute atomic E-state index is 9.90. The molecular formula is C18H33FeO6. The molecule has 0 unspecified atom stereocenters. The van der Waals surface area contributed by atoms with E-state index < -0.39 is 17.9 Å². The van der Waals surface area contributed by atoms with Crippen LogP contribution in [0.4, 0.5) is 0 Å². The molecule has 6 nitrogen and oxygen atoms in total. The summed E-state index contributed by atoms with van der Waals surface area (Å²) in [5, 5.41) is 29.7. The van der Waals surface area contributed by atoms with Crippen molar-refractivity contribution < 1.29 is 46.8 Å². The summed E-state index contributed by atoms with van der Waals surface area (Å²) in [6.45, 7) is 16.8. The van der Waals surface area contributed by atoms with Crippen molar-refractivity contribution in [1.82, 2.24) is 0 Å². The van der Waals surface area contributed by atoms with Crippen LogP contribution in [-0.2, 0) is 31.5 Å². The Kier molecular flexibility index (Phi) is 16.7. The summed E-state index contributed by atoms with van der Waals surface area (Å²) in [4.78, 5) is 29.7. The van der Waals surface area contributed by atoms with E-state index >= 15 is 0 Å². The Morgan fingerprint density at radius 1 is 0.520 bits per heavy atom. The van der Waals surface area contributed by atoms with Gasteiger partial charge in [-0.25, -0.2) is 0 Å². The fraction of sp³-hybridized carbons (Fsp3) is 0.833. The fourth-order valence-electron chi connectivity index (χ4n) is 1.30. The maximum Gasteiger partial charge on any atom is 3.00 e. The quantitative estimate of drug-likeness (QED) is 0.636. The summed E-state index contributed by atoms with van der Waals surface area (Å²) in [6, 6.07) is 0. The minimum absolute atomic E-state index is 0. The molecule has 0 saturated carbocycles. The number of carboxylic acids is 3. The topological polar surface area (TPSA) is 120 Å². The number of aliphatic carboxylic acids is 3. The van der Waals surface area contributed by atoms with Crippen LogP contribution in [0.1, 0.15) is 81.6 Å². The van der Waals surface area contributed by atoms with Gasteiger partial charge in [-0.05, 0) is 35.5 Å². The summed E-state index contributed by atoms with van der Waals surface area (Å²) < 4.78 is 0. The summed E-state index contributed by atoms with van der Waals surface area (Å²) in [5.74, 6) is -2.92. The van der Waals surface area contributed by atoms with E-state index in [1.807, 2.05) is 62.3 Å². The zero-order valence-corrected chi connectivity index (χ0v) is 18.0. The van der Waals surface area contributed by atoms with Crippen LogP contribution in [0.15, 0.2) is 0 Å². The van der Waals surface area contributed by atoms with Crippen LogP contribution < -0.4 is 15.3 Å². The molecule has 0 saturated heterocycles. The second-order valence-corrected chi connectivity index (χ2v) is 9.33. The van der Waals surface area contributed by atoms with Crippen LogP contribution in [-0.4, -0.2) is 17.9 Å². The largest absolute Gasteiger partial charge is 3.00 e. The first-order valence-corrected chi connectivity index (χ1v) is 7.85. The molecule has 0 aliphatic carbocycles. The van der Waals surface area contributed by atoms with Crippen molar-refractivity contribution in [3.8, 4) is 0 Å². The van der Waals surface area contributed by atoms with Gasteiger partial charge < -0.3 is 29.7 Å². The number of hydrogen-bond acceptors (Lipinski definition) is 6. The van der Waals surface area contributed by atoms with Gasteiger partial charge in [0, 0.05) is 17.9 Å². The Hall–Kier alpha value is -1.07. The molecule has 0 bridgehead atoms. The predicted octanol–water partition coefficient (Wildman–Crippen LogP) is 0.515. The molecule has 0 aromatic carbocycles. The summed E-state index contributed by atoms with van der Waals surface area (Å²) in [5.41, 5.74) is -0.420. The number of carbonyl (C=O) groups is 3. The number of hydrogen-bond donors (Lipinski definition) is 0. The molecule has 0 heterocycles. The van der Waals surface area contributed by atoms with E-state index in [1.165, 1.54) is 0 Å². The molecule has 0 N–H and O–H groups in total. The Balaban J connectivity index is -0.000000130. The smallest absolute Gasteiger partial charge is 0.550 e. The van der Waals surface area contributed by atoms with E-state index in [0.29, 0.717) is 0 Å². The normalized spacial score (nSPS) is 10.9. The average Bonchev–Trinajstić information content (AvgIpc) is 2.04. The van der Waals surface area contributed by atoms with Gasteiger partial charge in [-0.15, -0.1) is 0 Å². The zero-order valence-electron chi connectivity index (χ0n) is 16.9. The third-order valence-corrected chi connectivity index (χ3v) is 2.02. The van der Waals surface area contributed by atoms with Crippen molar-refractivity contribution in [2.24, 2.45) is 16.2 Å². The van der Waals surface area contributed by atoms with Gasteiger partial charge in [0.15, 0.2) is 0 Å². The van der Waals surface area contributed by atoms with Crippen molar-refractivity contribution in [2.45, 2.75) is 81.6 Å². The Labute approximate surface area is 162 Å². The van der Waals surface area contributed by atoms with E-state index in [0.717, 1.165) is 0 Å². The molecular weight excluding hydrogens is 368 g/mol. The Morgan fingerprint density at radius 3 is 0.640 bits per heavy atom. The van der Waals surface area contributed by atoms with Crippen LogP contribution in [0.2, 0.25) is 0 Å². The molecule has 0 fully saturated rings. The molecule has 0 atom stereocenters. The molecule has 0 spiro atoms. The van der Waals surface area contributed by atoms with Crippen molar-refractivity contribution in [2.75, 3.05) is 0 Å². The molecule has 0 rings (SSSR count). The van der Waals surface area contributed by atoms with Gasteiger partial charge in [-0.3, -0.25) is 0 Å². The van der Waals surface area contributed by atoms with E-state index in [4.69, 9.17) is 0 Å². The van der Waals surface area contributed by atoms with Gasteiger partial charge in [0.05, 0.1) is 0 Å². The third kappa shape index (κ3) is 51.8. The van der Waals surface area contributed by atoms with Crippen LogP contribution in [0.3, 0.4) is 0 Å². The number of carbonyl (C=O) groups excluding carboxylic acids is 3. The fourth-order valence-corrected chi connectivity index (χ4v) is 1.30. The predicted molar refractivity (Wildman–Crippen MR) is 87.2 cm³/mol. The third-order valence-electron chi connectivity index (χ3n) is 2.02. The summed E-state index contributed by atoms with van der Waals surface area (Å²) in [7, 11) is 0. The van der Waals surface area contributed by atoms with E-state index in [1.54, 1.807) is 0 Å². The molecule has 1 radical (unpaired) electrons. The second kappa shape index (κ2) is 13.2. The van der Waals surface area contributed by atoms with Crippen molar-refractivity contribution >= 4 is 17.9 Å². The van der Waals surface area contributed by atoms with E-state index in [9.17, 15) is 29.7 Å². The van der Waals surface area contributed by atoms with E-state index in [-0.39, 0.29) is 52.6 Å². The van der Waals surface area contributed by atoms with Gasteiger partial charge >= 0.3 is 17.1 Å². The SMILES string of the molecule is CC(C)(C)CC(=O)[O-].CC(C)(C)CC(=O)[O-].CC(C)(C)CC(=O)[O-].[Fe+3]. The first-order chi connectivity index (χ1) is 10.2. The van der Waals surface area contributed by atoms with Crippen LogP contribution in [0.25, 0.3) is 0 Å². The zero-order chi connectivity index (χ0) is 20.4. The van der Waals surface area contributed by atoms with Crippen LogP contribution in [0.5, 0.6) is 0 Å². The summed E-state index contributed by atoms with van der Waals surface area (Å²) >= 11 is 0. The second-order valence-electron chi connectivity index (χ2n) is 9.33. The van der Waals surface area contributed by atoms with Gasteiger partial charge in [0.25, 0.3) is 0 Å².